The minimum Gasteiger partial charge on any atom is -0.484 e. The molecule has 0 unspecified atom stereocenters. The summed E-state index contributed by atoms with van der Waals surface area (Å²) in [5, 5.41) is 6.33. The number of hydrogen-bond donors (Lipinski definition) is 2. The summed E-state index contributed by atoms with van der Waals surface area (Å²) in [6, 6.07) is 8.31. The number of halogens is 1. The maximum absolute atomic E-state index is 11.7. The summed E-state index contributed by atoms with van der Waals surface area (Å²) < 4.78 is 11.0. The largest absolute Gasteiger partial charge is 0.484 e. The first-order chi connectivity index (χ1) is 15.1. The van der Waals surface area contributed by atoms with Crippen LogP contribution < -0.4 is 15.4 Å². The van der Waals surface area contributed by atoms with E-state index >= 15 is 0 Å². The van der Waals surface area contributed by atoms with Crippen LogP contribution in [0.15, 0.2) is 29.3 Å². The summed E-state index contributed by atoms with van der Waals surface area (Å²) >= 11 is 0. The normalized spacial score (nSPS) is 16.8. The first-order valence-electron chi connectivity index (χ1n) is 11.7. The van der Waals surface area contributed by atoms with Gasteiger partial charge in [-0.05, 0) is 69.1 Å². The van der Waals surface area contributed by atoms with Crippen molar-refractivity contribution in [2.75, 3.05) is 46.5 Å². The van der Waals surface area contributed by atoms with E-state index in [0.717, 1.165) is 69.7 Å². The monoisotopic (exact) mass is 558 g/mol. The Hall–Kier alpha value is -1.55. The van der Waals surface area contributed by atoms with E-state index < -0.39 is 0 Å². The van der Waals surface area contributed by atoms with E-state index in [-0.39, 0.29) is 36.5 Å². The van der Waals surface area contributed by atoms with Crippen molar-refractivity contribution in [2.24, 2.45) is 10.9 Å². The average molecular weight is 559 g/mol. The Morgan fingerprint density at radius 3 is 2.56 bits per heavy atom. The van der Waals surface area contributed by atoms with Gasteiger partial charge in [-0.25, -0.2) is 0 Å². The molecule has 1 aliphatic heterocycles. The van der Waals surface area contributed by atoms with Crippen LogP contribution in [-0.2, 0) is 16.0 Å². The molecular formula is C24H39IN4O3. The Kier molecular flexibility index (Phi) is 12.2. The maximum atomic E-state index is 11.7. The van der Waals surface area contributed by atoms with E-state index in [4.69, 9.17) is 14.5 Å². The fraction of sp³-hybridized carbons (Fsp3) is 0.667. The minimum absolute atomic E-state index is 0. The van der Waals surface area contributed by atoms with Gasteiger partial charge in [0.05, 0.1) is 0 Å². The molecule has 0 radical (unpaired) electrons. The third-order valence-electron chi connectivity index (χ3n) is 5.81. The molecule has 1 amide bonds. The van der Waals surface area contributed by atoms with E-state index in [1.54, 1.807) is 0 Å². The molecule has 8 heteroatoms. The van der Waals surface area contributed by atoms with E-state index in [2.05, 4.69) is 29.5 Å². The molecule has 7 nitrogen and oxygen atoms in total. The number of amides is 1. The Bertz CT molecular complexity index is 704. The number of ether oxygens (including phenoxy) is 2. The molecule has 1 saturated carbocycles. The Balaban J connectivity index is 0.00000363. The fourth-order valence-corrected chi connectivity index (χ4v) is 3.68. The molecule has 2 N–H and O–H groups in total. The molecule has 0 bridgehead atoms. The highest BCUT2D eigenvalue weighted by Gasteiger charge is 2.23. The summed E-state index contributed by atoms with van der Waals surface area (Å²) in [5.74, 6) is 2.41. The second kappa shape index (κ2) is 14.6. The molecule has 180 valence electrons. The van der Waals surface area contributed by atoms with Crippen molar-refractivity contribution >= 4 is 35.8 Å². The number of nitrogens with zero attached hydrogens (tertiary/aromatic N) is 2. The molecule has 0 spiro atoms. The SMILES string of the molecule is CCNC(=NCCc1ccc(OCC(=O)NC2CC2)cc1)N(C)CCC1CCOCC1.I. The predicted molar refractivity (Wildman–Crippen MR) is 139 cm³/mol. The summed E-state index contributed by atoms with van der Waals surface area (Å²) in [6.45, 7) is 6.59. The highest BCUT2D eigenvalue weighted by atomic mass is 127. The molecule has 0 atom stereocenters. The van der Waals surface area contributed by atoms with Crippen molar-refractivity contribution in [3.05, 3.63) is 29.8 Å². The molecule has 1 heterocycles. The van der Waals surface area contributed by atoms with Crippen LogP contribution in [0, 0.1) is 5.92 Å². The molecule has 3 rings (SSSR count). The number of hydrogen-bond acceptors (Lipinski definition) is 4. The molecule has 32 heavy (non-hydrogen) atoms. The van der Waals surface area contributed by atoms with Crippen LogP contribution in [0.5, 0.6) is 5.75 Å². The zero-order valence-electron chi connectivity index (χ0n) is 19.5. The van der Waals surface area contributed by atoms with E-state index in [1.807, 2.05) is 24.3 Å². The molecule has 1 aliphatic carbocycles. The first-order valence-corrected chi connectivity index (χ1v) is 11.7. The summed E-state index contributed by atoms with van der Waals surface area (Å²) in [7, 11) is 2.12. The number of benzene rings is 1. The number of aliphatic imine (C=N–C) groups is 1. The maximum Gasteiger partial charge on any atom is 0.258 e. The second-order valence-corrected chi connectivity index (χ2v) is 8.53. The highest BCUT2D eigenvalue weighted by Crippen LogP contribution is 2.19. The lowest BCUT2D eigenvalue weighted by molar-refractivity contribution is -0.123. The van der Waals surface area contributed by atoms with Gasteiger partial charge in [0.2, 0.25) is 0 Å². The number of carbonyl (C=O) groups excluding carboxylic acids is 1. The van der Waals surface area contributed by atoms with Gasteiger partial charge in [0.15, 0.2) is 12.6 Å². The van der Waals surface area contributed by atoms with Crippen molar-refractivity contribution in [1.82, 2.24) is 15.5 Å². The van der Waals surface area contributed by atoms with Crippen molar-refractivity contribution in [2.45, 2.75) is 51.5 Å². The molecule has 1 saturated heterocycles. The third-order valence-corrected chi connectivity index (χ3v) is 5.81. The molecule has 1 aromatic carbocycles. The van der Waals surface area contributed by atoms with Gasteiger partial charge in [-0.15, -0.1) is 24.0 Å². The minimum atomic E-state index is -0.0437. The van der Waals surface area contributed by atoms with Crippen LogP contribution in [0.1, 0.15) is 44.6 Å². The second-order valence-electron chi connectivity index (χ2n) is 8.53. The van der Waals surface area contributed by atoms with Gasteiger partial charge in [-0.3, -0.25) is 9.79 Å². The van der Waals surface area contributed by atoms with Crippen molar-refractivity contribution < 1.29 is 14.3 Å². The van der Waals surface area contributed by atoms with Crippen LogP contribution in [0.2, 0.25) is 0 Å². The topological polar surface area (TPSA) is 75.2 Å². The summed E-state index contributed by atoms with van der Waals surface area (Å²) in [4.78, 5) is 18.8. The lowest BCUT2D eigenvalue weighted by atomic mass is 9.96. The van der Waals surface area contributed by atoms with Crippen LogP contribution in [-0.4, -0.2) is 69.3 Å². The standard InChI is InChI=1S/C24H38N4O3.HI/c1-3-25-24(28(2)15-11-20-12-16-30-17-13-20)26-14-10-19-4-8-22(9-5-19)31-18-23(29)27-21-6-7-21;/h4-5,8-9,20-21H,3,6-7,10-18H2,1-2H3,(H,25,26)(H,27,29);1H. The van der Waals surface area contributed by atoms with Crippen LogP contribution in [0.3, 0.4) is 0 Å². The van der Waals surface area contributed by atoms with Gasteiger partial charge in [0.25, 0.3) is 5.91 Å². The van der Waals surface area contributed by atoms with Gasteiger partial charge in [-0.2, -0.15) is 0 Å². The fourth-order valence-electron chi connectivity index (χ4n) is 3.68. The highest BCUT2D eigenvalue weighted by molar-refractivity contribution is 14.0. The third kappa shape index (κ3) is 9.94. The van der Waals surface area contributed by atoms with Crippen molar-refractivity contribution in [3.63, 3.8) is 0 Å². The Labute approximate surface area is 209 Å². The average Bonchev–Trinajstić information content (AvgIpc) is 3.61. The number of carbonyl (C=O) groups is 1. The molecule has 2 aliphatic rings. The summed E-state index contributed by atoms with van der Waals surface area (Å²) in [5.41, 5.74) is 1.21. The molecule has 1 aromatic rings. The van der Waals surface area contributed by atoms with Crippen LogP contribution >= 0.6 is 24.0 Å². The van der Waals surface area contributed by atoms with Crippen molar-refractivity contribution in [3.8, 4) is 5.75 Å². The van der Waals surface area contributed by atoms with E-state index in [0.29, 0.717) is 6.04 Å². The van der Waals surface area contributed by atoms with Crippen LogP contribution in [0.4, 0.5) is 0 Å². The molecule has 0 aromatic heterocycles. The number of rotatable bonds is 11. The smallest absolute Gasteiger partial charge is 0.258 e. The van der Waals surface area contributed by atoms with Gasteiger partial charge >= 0.3 is 0 Å². The Morgan fingerprint density at radius 1 is 1.19 bits per heavy atom. The van der Waals surface area contributed by atoms with Gasteiger partial charge in [0.1, 0.15) is 5.75 Å². The van der Waals surface area contributed by atoms with Gasteiger partial charge in [0, 0.05) is 45.9 Å². The molecule has 2 fully saturated rings. The predicted octanol–water partition coefficient (Wildman–Crippen LogP) is 3.22. The molecular weight excluding hydrogens is 519 g/mol. The van der Waals surface area contributed by atoms with Crippen molar-refractivity contribution in [1.29, 1.82) is 0 Å². The zero-order valence-corrected chi connectivity index (χ0v) is 21.8. The Morgan fingerprint density at radius 2 is 1.91 bits per heavy atom. The lowest BCUT2D eigenvalue weighted by Crippen LogP contribution is -2.40. The first kappa shape index (κ1) is 26.7. The number of nitrogens with one attached hydrogen (secondary N) is 2. The quantitative estimate of drug-likeness (QED) is 0.248. The lowest BCUT2D eigenvalue weighted by Gasteiger charge is -2.26. The zero-order chi connectivity index (χ0) is 21.9. The van der Waals surface area contributed by atoms with Gasteiger partial charge in [-0.1, -0.05) is 12.1 Å². The van der Waals surface area contributed by atoms with Crippen LogP contribution in [0.25, 0.3) is 0 Å². The van der Waals surface area contributed by atoms with E-state index in [1.165, 1.54) is 24.8 Å². The van der Waals surface area contributed by atoms with Gasteiger partial charge < -0.3 is 25.0 Å². The number of guanidine groups is 1. The van der Waals surface area contributed by atoms with E-state index in [9.17, 15) is 4.79 Å². The summed E-state index contributed by atoms with van der Waals surface area (Å²) in [6.07, 6.45) is 6.57.